The smallest absolute Gasteiger partial charge is 0.288 e. The van der Waals surface area contributed by atoms with Gasteiger partial charge in [0, 0.05) is 19.2 Å². The number of hydrazine groups is 1. The number of methoxy groups -OCH3 is 1. The molecule has 1 saturated heterocycles. The van der Waals surface area contributed by atoms with Crippen LogP contribution in [-0.2, 0) is 9.59 Å². The molecule has 4 rings (SSSR count). The van der Waals surface area contributed by atoms with Gasteiger partial charge in [-0.25, -0.2) is 4.98 Å². The molecule has 1 aromatic carbocycles. The number of likely N-dealkylation sites (tertiary alicyclic amines) is 1. The summed E-state index contributed by atoms with van der Waals surface area (Å²) in [6.45, 7) is 4.37. The first-order valence-electron chi connectivity index (χ1n) is 11.4. The summed E-state index contributed by atoms with van der Waals surface area (Å²) in [5.74, 6) is -0.893. The number of amides is 3. The van der Waals surface area contributed by atoms with Gasteiger partial charge < -0.3 is 9.64 Å². The van der Waals surface area contributed by atoms with E-state index in [-0.39, 0.29) is 12.3 Å². The van der Waals surface area contributed by atoms with Gasteiger partial charge >= 0.3 is 0 Å². The van der Waals surface area contributed by atoms with Crippen LogP contribution in [0.25, 0.3) is 5.65 Å². The van der Waals surface area contributed by atoms with Crippen molar-refractivity contribution in [1.29, 1.82) is 0 Å². The quantitative estimate of drug-likeness (QED) is 0.524. The molecule has 0 spiro atoms. The van der Waals surface area contributed by atoms with Crippen LogP contribution < -0.4 is 15.6 Å². The van der Waals surface area contributed by atoms with Gasteiger partial charge in [-0.3, -0.25) is 29.6 Å². The van der Waals surface area contributed by atoms with Crippen molar-refractivity contribution in [2.45, 2.75) is 39.2 Å². The fraction of sp³-hybridized carbons (Fsp3) is 0.360. The summed E-state index contributed by atoms with van der Waals surface area (Å²) < 4.78 is 6.91. The number of hydrogen-bond acceptors (Lipinski definition) is 5. The highest BCUT2D eigenvalue weighted by atomic mass is 16.5. The minimum absolute atomic E-state index is 0.0710. The average molecular weight is 464 g/mol. The van der Waals surface area contributed by atoms with Crippen LogP contribution in [-0.4, -0.2) is 45.7 Å². The highest BCUT2D eigenvalue weighted by Crippen LogP contribution is 2.39. The van der Waals surface area contributed by atoms with E-state index in [1.807, 2.05) is 30.3 Å². The van der Waals surface area contributed by atoms with Crippen LogP contribution in [0, 0.1) is 12.8 Å². The molecule has 0 radical (unpaired) electrons. The number of ether oxygens (including phenoxy) is 1. The van der Waals surface area contributed by atoms with E-state index < -0.39 is 23.8 Å². The maximum atomic E-state index is 13.2. The van der Waals surface area contributed by atoms with Crippen molar-refractivity contribution in [1.82, 2.24) is 25.1 Å². The summed E-state index contributed by atoms with van der Waals surface area (Å²) in [5, 5.41) is 0. The first kappa shape index (κ1) is 23.3. The Morgan fingerprint density at radius 1 is 1.15 bits per heavy atom. The standard InChI is InChI=1S/C25H29N5O4/c1-4-5-13-30-21(31)15-19(23(30)17-9-11-18(34-3)12-10-17)24(32)27-28-25(33)22-16(2)26-20-8-6-7-14-29(20)22/h6-12,14,19,23H,4-5,13,15H2,1-3H3,(H,27,32)(H,28,33). The number of unbranched alkanes of at least 4 members (excludes halogenated alkanes) is 1. The number of aromatic nitrogens is 2. The lowest BCUT2D eigenvalue weighted by atomic mass is 9.93. The van der Waals surface area contributed by atoms with E-state index in [2.05, 4.69) is 22.8 Å². The highest BCUT2D eigenvalue weighted by Gasteiger charge is 2.44. The molecule has 0 bridgehead atoms. The van der Waals surface area contributed by atoms with Gasteiger partial charge in [0.25, 0.3) is 5.91 Å². The molecule has 3 aromatic rings. The Bertz CT molecular complexity index is 1200. The fourth-order valence-corrected chi connectivity index (χ4v) is 4.49. The number of rotatable bonds is 7. The highest BCUT2D eigenvalue weighted by molar-refractivity contribution is 5.97. The van der Waals surface area contributed by atoms with Crippen molar-refractivity contribution in [2.75, 3.05) is 13.7 Å². The van der Waals surface area contributed by atoms with E-state index in [1.54, 1.807) is 41.7 Å². The van der Waals surface area contributed by atoms with E-state index in [0.29, 0.717) is 29.3 Å². The Morgan fingerprint density at radius 2 is 1.91 bits per heavy atom. The fourth-order valence-electron chi connectivity index (χ4n) is 4.49. The van der Waals surface area contributed by atoms with Crippen LogP contribution in [0.5, 0.6) is 5.75 Å². The maximum Gasteiger partial charge on any atom is 0.288 e. The summed E-state index contributed by atoms with van der Waals surface area (Å²) in [4.78, 5) is 45.1. The summed E-state index contributed by atoms with van der Waals surface area (Å²) in [6, 6.07) is 12.4. The van der Waals surface area contributed by atoms with Crippen LogP contribution in [0.1, 0.15) is 54.0 Å². The van der Waals surface area contributed by atoms with E-state index >= 15 is 0 Å². The zero-order valence-corrected chi connectivity index (χ0v) is 19.6. The molecule has 2 N–H and O–H groups in total. The lowest BCUT2D eigenvalue weighted by molar-refractivity contribution is -0.129. The molecule has 9 nitrogen and oxygen atoms in total. The van der Waals surface area contributed by atoms with Gasteiger partial charge in [0.05, 0.1) is 24.8 Å². The summed E-state index contributed by atoms with van der Waals surface area (Å²) in [5.41, 5.74) is 7.44. The third-order valence-electron chi connectivity index (χ3n) is 6.20. The Labute approximate surface area is 198 Å². The van der Waals surface area contributed by atoms with Crippen molar-refractivity contribution < 1.29 is 19.1 Å². The van der Waals surface area contributed by atoms with Gasteiger partial charge in [-0.05, 0) is 43.2 Å². The second kappa shape index (κ2) is 9.94. The average Bonchev–Trinajstić information content (AvgIpc) is 3.36. The molecule has 2 aromatic heterocycles. The number of carbonyl (C=O) groups excluding carboxylic acids is 3. The molecule has 178 valence electrons. The largest absolute Gasteiger partial charge is 0.497 e. The van der Waals surface area contributed by atoms with E-state index in [9.17, 15) is 14.4 Å². The summed E-state index contributed by atoms with van der Waals surface area (Å²) >= 11 is 0. The number of fused-ring (bicyclic) bond motifs is 1. The molecule has 2 atom stereocenters. The monoisotopic (exact) mass is 463 g/mol. The molecule has 34 heavy (non-hydrogen) atoms. The van der Waals surface area contributed by atoms with Gasteiger partial charge in [-0.1, -0.05) is 31.5 Å². The number of pyridine rings is 1. The van der Waals surface area contributed by atoms with Crippen molar-refractivity contribution >= 4 is 23.4 Å². The van der Waals surface area contributed by atoms with Gasteiger partial charge in [0.1, 0.15) is 17.1 Å². The minimum Gasteiger partial charge on any atom is -0.497 e. The molecular formula is C25H29N5O4. The normalized spacial score (nSPS) is 17.7. The summed E-state index contributed by atoms with van der Waals surface area (Å²) in [6.07, 6.45) is 3.60. The van der Waals surface area contributed by atoms with Crippen molar-refractivity contribution in [2.24, 2.45) is 5.92 Å². The van der Waals surface area contributed by atoms with Crippen LogP contribution >= 0.6 is 0 Å². The van der Waals surface area contributed by atoms with E-state index in [0.717, 1.165) is 18.4 Å². The number of imidazole rings is 1. The Morgan fingerprint density at radius 3 is 2.62 bits per heavy atom. The molecule has 2 unspecified atom stereocenters. The Hall–Kier alpha value is -3.88. The van der Waals surface area contributed by atoms with Gasteiger partial charge in [-0.2, -0.15) is 0 Å². The molecular weight excluding hydrogens is 434 g/mol. The first-order chi connectivity index (χ1) is 16.4. The van der Waals surface area contributed by atoms with Crippen LogP contribution in [0.15, 0.2) is 48.7 Å². The third kappa shape index (κ3) is 4.46. The number of hydrogen-bond donors (Lipinski definition) is 2. The molecule has 1 aliphatic rings. The molecule has 3 heterocycles. The van der Waals surface area contributed by atoms with Gasteiger partial charge in [0.2, 0.25) is 11.8 Å². The topological polar surface area (TPSA) is 105 Å². The Balaban J connectivity index is 1.53. The van der Waals surface area contributed by atoms with E-state index in [4.69, 9.17) is 4.74 Å². The van der Waals surface area contributed by atoms with Crippen LogP contribution in [0.2, 0.25) is 0 Å². The second-order valence-electron chi connectivity index (χ2n) is 8.39. The summed E-state index contributed by atoms with van der Waals surface area (Å²) in [7, 11) is 1.59. The second-order valence-corrected chi connectivity index (χ2v) is 8.39. The lowest BCUT2D eigenvalue weighted by Crippen LogP contribution is -2.46. The van der Waals surface area contributed by atoms with Crippen LogP contribution in [0.4, 0.5) is 0 Å². The molecule has 9 heteroatoms. The Kier molecular flexibility index (Phi) is 6.81. The lowest BCUT2D eigenvalue weighted by Gasteiger charge is -2.28. The number of nitrogens with zero attached hydrogens (tertiary/aromatic N) is 3. The molecule has 1 fully saturated rings. The predicted molar refractivity (Wildman–Crippen MR) is 126 cm³/mol. The predicted octanol–water partition coefficient (Wildman–Crippen LogP) is 2.80. The molecule has 3 amide bonds. The van der Waals surface area contributed by atoms with Gasteiger partial charge in [0.15, 0.2) is 0 Å². The molecule has 0 aliphatic carbocycles. The third-order valence-corrected chi connectivity index (χ3v) is 6.20. The zero-order chi connectivity index (χ0) is 24.2. The van der Waals surface area contributed by atoms with Crippen molar-refractivity contribution in [3.05, 3.63) is 65.6 Å². The molecule has 0 saturated carbocycles. The number of benzene rings is 1. The van der Waals surface area contributed by atoms with Crippen molar-refractivity contribution in [3.63, 3.8) is 0 Å². The van der Waals surface area contributed by atoms with E-state index in [1.165, 1.54) is 0 Å². The first-order valence-corrected chi connectivity index (χ1v) is 11.4. The van der Waals surface area contributed by atoms with Crippen molar-refractivity contribution in [3.8, 4) is 5.75 Å². The zero-order valence-electron chi connectivity index (χ0n) is 19.6. The minimum atomic E-state index is -0.638. The number of aryl methyl sites for hydroxylation is 1. The number of nitrogens with one attached hydrogen (secondary N) is 2. The van der Waals surface area contributed by atoms with Gasteiger partial charge in [-0.15, -0.1) is 0 Å². The molecule has 1 aliphatic heterocycles. The SMILES string of the molecule is CCCCN1C(=O)CC(C(=O)NNC(=O)c2c(C)nc3ccccn23)C1c1ccc(OC)cc1. The maximum absolute atomic E-state index is 13.2. The number of carbonyl (C=O) groups is 3. The van der Waals surface area contributed by atoms with Crippen LogP contribution in [0.3, 0.4) is 0 Å².